The second-order valence-electron chi connectivity index (χ2n) is 5.92. The lowest BCUT2D eigenvalue weighted by atomic mass is 10.2. The van der Waals surface area contributed by atoms with E-state index in [0.29, 0.717) is 10.8 Å². The summed E-state index contributed by atoms with van der Waals surface area (Å²) < 4.78 is 5.11. The van der Waals surface area contributed by atoms with Crippen LogP contribution in [0.3, 0.4) is 0 Å². The Balaban J connectivity index is 0.000000164. The highest BCUT2D eigenvalue weighted by Gasteiger charge is 2.76. The predicted molar refractivity (Wildman–Crippen MR) is 73.1 cm³/mol. The molecule has 0 radical (unpaired) electrons. The Hall–Kier alpha value is -1.02. The molecule has 0 bridgehead atoms. The average Bonchev–Trinajstić information content (AvgIpc) is 3.00. The van der Waals surface area contributed by atoms with Crippen LogP contribution in [0, 0.1) is 10.8 Å². The van der Waals surface area contributed by atoms with Crippen LogP contribution in [0.1, 0.15) is 33.6 Å². The van der Waals surface area contributed by atoms with Gasteiger partial charge in [-0.2, -0.15) is 0 Å². The molecular weight excluding hydrogens is 248 g/mol. The molecule has 18 heavy (non-hydrogen) atoms. The molecule has 0 unspecified atom stereocenters. The van der Waals surface area contributed by atoms with E-state index >= 15 is 0 Å². The molecule has 2 aliphatic rings. The molecule has 1 aromatic carbocycles. The maximum Gasteiger partial charge on any atom is 0.167 e. The predicted octanol–water partition coefficient (Wildman–Crippen LogP) is 4.11. The second-order valence-corrected chi connectivity index (χ2v) is 6.36. The highest BCUT2D eigenvalue weighted by molar-refractivity contribution is 6.30. The van der Waals surface area contributed by atoms with E-state index in [9.17, 15) is 4.79 Å². The number of fused-ring (bicyclic) bond motifs is 1. The summed E-state index contributed by atoms with van der Waals surface area (Å²) in [6.07, 6.45) is 3.03. The van der Waals surface area contributed by atoms with Crippen LogP contribution in [0.4, 0.5) is 0 Å². The second kappa shape index (κ2) is 4.58. The molecule has 0 aromatic heterocycles. The van der Waals surface area contributed by atoms with Crippen molar-refractivity contribution in [2.24, 2.45) is 10.8 Å². The van der Waals surface area contributed by atoms with E-state index in [1.165, 1.54) is 19.8 Å². The summed E-state index contributed by atoms with van der Waals surface area (Å²) in [5.74, 6) is 0.666. The topological polar surface area (TPSA) is 26.3 Å². The van der Waals surface area contributed by atoms with E-state index in [4.69, 9.17) is 16.3 Å². The molecule has 2 nitrogen and oxygen atoms in total. The van der Waals surface area contributed by atoms with Gasteiger partial charge in [-0.05, 0) is 54.9 Å². The molecule has 1 aromatic rings. The van der Waals surface area contributed by atoms with Crippen molar-refractivity contribution in [1.29, 1.82) is 0 Å². The minimum atomic E-state index is 0.00458. The van der Waals surface area contributed by atoms with Crippen LogP contribution < -0.4 is 4.74 Å². The van der Waals surface area contributed by atoms with Gasteiger partial charge < -0.3 is 4.74 Å². The van der Waals surface area contributed by atoms with E-state index in [0.717, 1.165) is 10.8 Å². The fourth-order valence-corrected chi connectivity index (χ4v) is 2.42. The molecule has 98 valence electrons. The molecule has 0 N–H and O–H groups in total. The summed E-state index contributed by atoms with van der Waals surface area (Å²) in [5, 5.41) is 0.658. The van der Waals surface area contributed by atoms with Crippen LogP contribution >= 0.6 is 11.6 Å². The summed E-state index contributed by atoms with van der Waals surface area (Å²) in [4.78, 5) is 10.5. The molecule has 0 amide bonds. The third-order valence-electron chi connectivity index (χ3n) is 4.02. The Morgan fingerprint density at radius 3 is 2.00 bits per heavy atom. The van der Waals surface area contributed by atoms with Gasteiger partial charge in [-0.1, -0.05) is 25.4 Å². The molecule has 2 saturated carbocycles. The number of carbonyl (C=O) groups excluding carboxylic acids is 1. The highest BCUT2D eigenvalue weighted by Crippen LogP contribution is 2.85. The van der Waals surface area contributed by atoms with Crippen LogP contribution in [0.2, 0.25) is 5.02 Å². The Morgan fingerprint density at radius 1 is 1.22 bits per heavy atom. The van der Waals surface area contributed by atoms with E-state index in [2.05, 4.69) is 13.8 Å². The largest absolute Gasteiger partial charge is 0.486 e. The molecule has 3 heteroatoms. The summed E-state index contributed by atoms with van der Waals surface area (Å²) in [6.45, 7) is 6.36. The van der Waals surface area contributed by atoms with E-state index in [1.807, 2.05) is 0 Å². The molecule has 0 aliphatic heterocycles. The zero-order chi connectivity index (χ0) is 13.4. The van der Waals surface area contributed by atoms with Gasteiger partial charge in [0.05, 0.1) is 0 Å². The number of benzene rings is 1. The molecular formula is C15H19ClO2. The SMILES string of the molecule is CC(=O)COc1ccc(Cl)cc1.CC12CC1(C)C2. The van der Waals surface area contributed by atoms with Gasteiger partial charge in [0.25, 0.3) is 0 Å². The zero-order valence-corrected chi connectivity index (χ0v) is 11.9. The number of ether oxygens (including phenoxy) is 1. The Morgan fingerprint density at radius 2 is 1.67 bits per heavy atom. The first kappa shape index (κ1) is 13.4. The van der Waals surface area contributed by atoms with Crippen molar-refractivity contribution in [2.45, 2.75) is 33.6 Å². The average molecular weight is 267 g/mol. The van der Waals surface area contributed by atoms with E-state index in [1.54, 1.807) is 24.3 Å². The van der Waals surface area contributed by atoms with Gasteiger partial charge in [-0.3, -0.25) is 4.79 Å². The minimum absolute atomic E-state index is 0.00458. The third-order valence-corrected chi connectivity index (χ3v) is 4.28. The highest BCUT2D eigenvalue weighted by atomic mass is 35.5. The smallest absolute Gasteiger partial charge is 0.167 e. The van der Waals surface area contributed by atoms with Crippen molar-refractivity contribution in [1.82, 2.24) is 0 Å². The minimum Gasteiger partial charge on any atom is -0.486 e. The Kier molecular flexibility index (Phi) is 3.41. The van der Waals surface area contributed by atoms with Crippen LogP contribution in [-0.2, 0) is 4.79 Å². The third kappa shape index (κ3) is 3.05. The lowest BCUT2D eigenvalue weighted by molar-refractivity contribution is -0.118. The number of hydrogen-bond acceptors (Lipinski definition) is 2. The number of hydrogen-bond donors (Lipinski definition) is 0. The normalized spacial score (nSPS) is 30.7. The first-order valence-electron chi connectivity index (χ1n) is 6.23. The molecule has 0 heterocycles. The molecule has 0 spiro atoms. The van der Waals surface area contributed by atoms with Crippen LogP contribution in [0.15, 0.2) is 24.3 Å². The van der Waals surface area contributed by atoms with Crippen LogP contribution in [-0.4, -0.2) is 12.4 Å². The fourth-order valence-electron chi connectivity index (χ4n) is 2.30. The maximum atomic E-state index is 10.5. The first-order valence-corrected chi connectivity index (χ1v) is 6.60. The molecule has 2 aliphatic carbocycles. The van der Waals surface area contributed by atoms with Crippen molar-refractivity contribution in [3.63, 3.8) is 0 Å². The Bertz CT molecular complexity index is 432. The lowest BCUT2D eigenvalue weighted by Gasteiger charge is -2.02. The van der Waals surface area contributed by atoms with Gasteiger partial charge in [0.15, 0.2) is 5.78 Å². The summed E-state index contributed by atoms with van der Waals surface area (Å²) in [5.41, 5.74) is 1.71. The zero-order valence-electron chi connectivity index (χ0n) is 11.1. The number of rotatable bonds is 3. The van der Waals surface area contributed by atoms with Crippen molar-refractivity contribution in [3.05, 3.63) is 29.3 Å². The standard InChI is InChI=1S/C9H9ClO2.C6H10/c1-7(11)6-12-9-4-2-8(10)3-5-9;1-5-3-6(5,2)4-5/h2-5H,6H2,1H3;3-4H2,1-2H3. The van der Waals surface area contributed by atoms with Gasteiger partial charge in [0.1, 0.15) is 12.4 Å². The molecule has 2 fully saturated rings. The number of halogens is 1. The van der Waals surface area contributed by atoms with Gasteiger partial charge in [-0.15, -0.1) is 0 Å². The summed E-state index contributed by atoms with van der Waals surface area (Å²) in [6, 6.07) is 6.89. The number of Topliss-reactive ketones (excluding diaryl/α,β-unsaturated/α-hetero) is 1. The van der Waals surface area contributed by atoms with Crippen LogP contribution in [0.5, 0.6) is 5.75 Å². The van der Waals surface area contributed by atoms with Gasteiger partial charge >= 0.3 is 0 Å². The van der Waals surface area contributed by atoms with Gasteiger partial charge in [-0.25, -0.2) is 0 Å². The van der Waals surface area contributed by atoms with Crippen molar-refractivity contribution >= 4 is 17.4 Å². The number of ketones is 1. The van der Waals surface area contributed by atoms with Gasteiger partial charge in [0, 0.05) is 5.02 Å². The van der Waals surface area contributed by atoms with Crippen molar-refractivity contribution in [3.8, 4) is 5.75 Å². The molecule has 3 rings (SSSR count). The van der Waals surface area contributed by atoms with E-state index < -0.39 is 0 Å². The van der Waals surface area contributed by atoms with E-state index in [-0.39, 0.29) is 12.4 Å². The fraction of sp³-hybridized carbons (Fsp3) is 0.533. The van der Waals surface area contributed by atoms with Crippen molar-refractivity contribution in [2.75, 3.05) is 6.61 Å². The lowest BCUT2D eigenvalue weighted by Crippen LogP contribution is -2.06. The van der Waals surface area contributed by atoms with Gasteiger partial charge in [0.2, 0.25) is 0 Å². The monoisotopic (exact) mass is 266 g/mol. The summed E-state index contributed by atoms with van der Waals surface area (Å²) >= 11 is 5.65. The molecule has 0 atom stereocenters. The summed E-state index contributed by atoms with van der Waals surface area (Å²) in [7, 11) is 0. The number of carbonyl (C=O) groups is 1. The van der Waals surface area contributed by atoms with Crippen LogP contribution in [0.25, 0.3) is 0 Å². The maximum absolute atomic E-state index is 10.5. The van der Waals surface area contributed by atoms with Crippen molar-refractivity contribution < 1.29 is 9.53 Å². The quantitative estimate of drug-likeness (QED) is 0.823. The molecule has 0 saturated heterocycles. The first-order chi connectivity index (χ1) is 8.35. The Labute approximate surface area is 113 Å².